The lowest BCUT2D eigenvalue weighted by atomic mass is 10.2. The van der Waals surface area contributed by atoms with Crippen molar-refractivity contribution in [3.8, 4) is 0 Å². The summed E-state index contributed by atoms with van der Waals surface area (Å²) in [5.74, 6) is -0.743. The molecule has 1 aromatic carbocycles. The summed E-state index contributed by atoms with van der Waals surface area (Å²) in [7, 11) is 0. The SMILES string of the molecule is O=C(O)CCCCCNc1c(Cl)cccc1Cl. The zero-order valence-corrected chi connectivity index (χ0v) is 10.9. The molecule has 94 valence electrons. The van der Waals surface area contributed by atoms with E-state index in [1.165, 1.54) is 0 Å². The number of nitrogens with one attached hydrogen (secondary N) is 1. The van der Waals surface area contributed by atoms with Crippen LogP contribution in [-0.4, -0.2) is 17.6 Å². The Morgan fingerprint density at radius 1 is 1.18 bits per heavy atom. The smallest absolute Gasteiger partial charge is 0.303 e. The minimum absolute atomic E-state index is 0.229. The highest BCUT2D eigenvalue weighted by atomic mass is 35.5. The van der Waals surface area contributed by atoms with Crippen LogP contribution in [0.4, 0.5) is 5.69 Å². The van der Waals surface area contributed by atoms with Crippen molar-refractivity contribution >= 4 is 34.9 Å². The van der Waals surface area contributed by atoms with Crippen LogP contribution >= 0.6 is 23.2 Å². The maximum atomic E-state index is 10.3. The highest BCUT2D eigenvalue weighted by Gasteiger charge is 2.03. The quantitative estimate of drug-likeness (QED) is 0.738. The number of hydrogen-bond donors (Lipinski definition) is 2. The first kappa shape index (κ1) is 14.1. The van der Waals surface area contributed by atoms with Crippen LogP contribution in [0.15, 0.2) is 18.2 Å². The van der Waals surface area contributed by atoms with E-state index in [0.717, 1.165) is 25.1 Å². The van der Waals surface area contributed by atoms with Gasteiger partial charge in [0.05, 0.1) is 15.7 Å². The van der Waals surface area contributed by atoms with Crippen molar-refractivity contribution in [1.29, 1.82) is 0 Å². The minimum atomic E-state index is -0.743. The number of para-hydroxylation sites is 1. The summed E-state index contributed by atoms with van der Waals surface area (Å²) < 4.78 is 0. The van der Waals surface area contributed by atoms with Gasteiger partial charge >= 0.3 is 5.97 Å². The Morgan fingerprint density at radius 3 is 2.41 bits per heavy atom. The van der Waals surface area contributed by atoms with Crippen molar-refractivity contribution in [2.45, 2.75) is 25.7 Å². The number of rotatable bonds is 7. The zero-order valence-electron chi connectivity index (χ0n) is 9.38. The molecule has 0 unspecified atom stereocenters. The van der Waals surface area contributed by atoms with Crippen molar-refractivity contribution in [2.75, 3.05) is 11.9 Å². The maximum Gasteiger partial charge on any atom is 0.303 e. The molecule has 0 aliphatic carbocycles. The first-order valence-corrected chi connectivity index (χ1v) is 6.26. The van der Waals surface area contributed by atoms with Crippen LogP contribution in [0, 0.1) is 0 Å². The molecule has 0 heterocycles. The average molecular weight is 276 g/mol. The van der Waals surface area contributed by atoms with E-state index in [0.29, 0.717) is 16.5 Å². The first-order chi connectivity index (χ1) is 8.11. The lowest BCUT2D eigenvalue weighted by Gasteiger charge is -2.09. The normalized spacial score (nSPS) is 10.2. The molecule has 0 atom stereocenters. The molecule has 0 spiro atoms. The number of anilines is 1. The van der Waals surface area contributed by atoms with Crippen LogP contribution in [0.2, 0.25) is 10.0 Å². The molecular weight excluding hydrogens is 261 g/mol. The fraction of sp³-hybridized carbons (Fsp3) is 0.417. The number of carbonyl (C=O) groups is 1. The van der Waals surface area contributed by atoms with E-state index in [1.54, 1.807) is 18.2 Å². The van der Waals surface area contributed by atoms with Crippen molar-refractivity contribution < 1.29 is 9.90 Å². The summed E-state index contributed by atoms with van der Waals surface area (Å²) >= 11 is 12.0. The van der Waals surface area contributed by atoms with Gasteiger partial charge in [0.15, 0.2) is 0 Å². The standard InChI is InChI=1S/C12H15Cl2NO2/c13-9-5-4-6-10(14)12(9)15-8-3-1-2-7-11(16)17/h4-6,15H,1-3,7-8H2,(H,16,17). The van der Waals surface area contributed by atoms with Gasteiger partial charge in [0.2, 0.25) is 0 Å². The summed E-state index contributed by atoms with van der Waals surface area (Å²) in [5, 5.41) is 12.8. The third-order valence-corrected chi connectivity index (χ3v) is 2.96. The molecule has 2 N–H and O–H groups in total. The van der Waals surface area contributed by atoms with Gasteiger partial charge in [0, 0.05) is 13.0 Å². The number of unbranched alkanes of at least 4 members (excludes halogenated alkanes) is 2. The average Bonchev–Trinajstić information content (AvgIpc) is 2.26. The summed E-state index contributed by atoms with van der Waals surface area (Å²) in [5.41, 5.74) is 0.745. The molecule has 0 radical (unpaired) electrons. The van der Waals surface area contributed by atoms with Gasteiger partial charge in [-0.3, -0.25) is 4.79 Å². The zero-order chi connectivity index (χ0) is 12.7. The molecule has 0 amide bonds. The van der Waals surface area contributed by atoms with Crippen molar-refractivity contribution in [3.63, 3.8) is 0 Å². The summed E-state index contributed by atoms with van der Waals surface area (Å²) in [6.45, 7) is 0.739. The highest BCUT2D eigenvalue weighted by molar-refractivity contribution is 6.39. The van der Waals surface area contributed by atoms with Gasteiger partial charge in [-0.1, -0.05) is 35.7 Å². The van der Waals surface area contributed by atoms with Gasteiger partial charge in [-0.15, -0.1) is 0 Å². The maximum absolute atomic E-state index is 10.3. The molecular formula is C12H15Cl2NO2. The Bertz CT molecular complexity index is 363. The third-order valence-electron chi connectivity index (χ3n) is 2.33. The number of halogens is 2. The molecule has 1 rings (SSSR count). The summed E-state index contributed by atoms with van der Waals surface area (Å²) in [6, 6.07) is 5.35. The largest absolute Gasteiger partial charge is 0.481 e. The molecule has 17 heavy (non-hydrogen) atoms. The van der Waals surface area contributed by atoms with E-state index >= 15 is 0 Å². The van der Waals surface area contributed by atoms with Gasteiger partial charge in [-0.2, -0.15) is 0 Å². The molecule has 0 aliphatic rings. The second-order valence-corrected chi connectivity index (χ2v) is 4.54. The molecule has 0 aliphatic heterocycles. The van der Waals surface area contributed by atoms with Gasteiger partial charge in [0.25, 0.3) is 0 Å². The second kappa shape index (κ2) is 7.41. The Balaban J connectivity index is 2.24. The van der Waals surface area contributed by atoms with E-state index in [9.17, 15) is 4.79 Å². The molecule has 0 saturated carbocycles. The second-order valence-electron chi connectivity index (χ2n) is 3.73. The van der Waals surface area contributed by atoms with E-state index in [4.69, 9.17) is 28.3 Å². The van der Waals surface area contributed by atoms with Gasteiger partial charge in [-0.25, -0.2) is 0 Å². The van der Waals surface area contributed by atoms with Crippen molar-refractivity contribution in [3.05, 3.63) is 28.2 Å². The van der Waals surface area contributed by atoms with Crippen LogP contribution in [0.25, 0.3) is 0 Å². The monoisotopic (exact) mass is 275 g/mol. The van der Waals surface area contributed by atoms with E-state index in [-0.39, 0.29) is 6.42 Å². The minimum Gasteiger partial charge on any atom is -0.481 e. The first-order valence-electron chi connectivity index (χ1n) is 5.51. The van der Waals surface area contributed by atoms with Crippen molar-refractivity contribution in [1.82, 2.24) is 0 Å². The summed E-state index contributed by atoms with van der Waals surface area (Å²) in [4.78, 5) is 10.3. The molecule has 0 aromatic heterocycles. The number of carboxylic acids is 1. The van der Waals surface area contributed by atoms with Crippen LogP contribution in [0.1, 0.15) is 25.7 Å². The molecule has 0 fully saturated rings. The number of hydrogen-bond acceptors (Lipinski definition) is 2. The number of carboxylic acid groups (broad SMARTS) is 1. The predicted octanol–water partition coefficient (Wildman–Crippen LogP) is 4.05. The molecule has 0 bridgehead atoms. The Hall–Kier alpha value is -0.930. The molecule has 0 saturated heterocycles. The Labute approximate surface area is 111 Å². The fourth-order valence-electron chi connectivity index (χ4n) is 1.46. The van der Waals surface area contributed by atoms with E-state index in [1.807, 2.05) is 0 Å². The van der Waals surface area contributed by atoms with Gasteiger partial charge < -0.3 is 10.4 Å². The van der Waals surface area contributed by atoms with E-state index in [2.05, 4.69) is 5.32 Å². The highest BCUT2D eigenvalue weighted by Crippen LogP contribution is 2.29. The van der Waals surface area contributed by atoms with Crippen LogP contribution in [0.3, 0.4) is 0 Å². The van der Waals surface area contributed by atoms with Crippen molar-refractivity contribution in [2.24, 2.45) is 0 Å². The topological polar surface area (TPSA) is 49.3 Å². The van der Waals surface area contributed by atoms with Crippen LogP contribution < -0.4 is 5.32 Å². The van der Waals surface area contributed by atoms with Gasteiger partial charge in [-0.05, 0) is 25.0 Å². The predicted molar refractivity (Wildman–Crippen MR) is 71.1 cm³/mol. The summed E-state index contributed by atoms with van der Waals surface area (Å²) in [6.07, 6.45) is 2.70. The van der Waals surface area contributed by atoms with Crippen LogP contribution in [-0.2, 0) is 4.79 Å². The van der Waals surface area contributed by atoms with E-state index < -0.39 is 5.97 Å². The van der Waals surface area contributed by atoms with Crippen LogP contribution in [0.5, 0.6) is 0 Å². The number of aliphatic carboxylic acids is 1. The molecule has 1 aromatic rings. The Morgan fingerprint density at radius 2 is 1.82 bits per heavy atom. The Kier molecular flexibility index (Phi) is 6.16. The lowest BCUT2D eigenvalue weighted by molar-refractivity contribution is -0.137. The fourth-order valence-corrected chi connectivity index (χ4v) is 1.99. The number of benzene rings is 1. The third kappa shape index (κ3) is 5.29. The molecule has 3 nitrogen and oxygen atoms in total. The van der Waals surface area contributed by atoms with Gasteiger partial charge in [0.1, 0.15) is 0 Å². The molecule has 5 heteroatoms. The lowest BCUT2D eigenvalue weighted by Crippen LogP contribution is -2.03.